The van der Waals surface area contributed by atoms with Crippen LogP contribution >= 0.6 is 0 Å². The molecule has 0 fully saturated rings. The number of carbonyl (C=O) groups is 1. The largest absolute Gasteiger partial charge is 0.507 e. The van der Waals surface area contributed by atoms with Crippen LogP contribution in [0.5, 0.6) is 17.2 Å². The molecule has 0 unspecified atom stereocenters. The lowest BCUT2D eigenvalue weighted by Crippen LogP contribution is -2.06. The Morgan fingerprint density at radius 2 is 1.33 bits per heavy atom. The van der Waals surface area contributed by atoms with Crippen LogP contribution in [-0.2, 0) is 9.53 Å². The molecule has 1 N–H and O–H groups in total. The van der Waals surface area contributed by atoms with Gasteiger partial charge < -0.3 is 19.3 Å². The number of aromatic hydroxyl groups is 1. The number of unbranched alkanes of at least 4 members (excludes halogenated alkanes) is 10. The van der Waals surface area contributed by atoms with E-state index in [1.165, 1.54) is 44.9 Å². The summed E-state index contributed by atoms with van der Waals surface area (Å²) < 4.78 is 16.7. The molecule has 39 heavy (non-hydrogen) atoms. The van der Waals surface area contributed by atoms with Gasteiger partial charge in [0.2, 0.25) is 0 Å². The van der Waals surface area contributed by atoms with Gasteiger partial charge >= 0.3 is 5.97 Å². The van der Waals surface area contributed by atoms with Gasteiger partial charge in [0, 0.05) is 23.4 Å². The molecule has 6 nitrogen and oxygen atoms in total. The summed E-state index contributed by atoms with van der Waals surface area (Å²) in [5.41, 5.74) is 1.85. The molecule has 2 rings (SSSR count). The minimum absolute atomic E-state index is 0.154. The van der Waals surface area contributed by atoms with Crippen molar-refractivity contribution < 1.29 is 24.1 Å². The van der Waals surface area contributed by atoms with Crippen molar-refractivity contribution in [2.24, 2.45) is 4.99 Å². The molecule has 0 aliphatic carbocycles. The average Bonchev–Trinajstić information content (AvgIpc) is 2.93. The number of carbonyl (C=O) groups excluding carboxylic acids is 1. The molecule has 2 aromatic rings. The Morgan fingerprint density at radius 3 is 1.92 bits per heavy atom. The summed E-state index contributed by atoms with van der Waals surface area (Å²) in [5, 5.41) is 10.4. The summed E-state index contributed by atoms with van der Waals surface area (Å²) >= 11 is 0. The van der Waals surface area contributed by atoms with Gasteiger partial charge in [0.1, 0.15) is 17.2 Å². The van der Waals surface area contributed by atoms with Crippen LogP contribution in [0.2, 0.25) is 0 Å². The third-order valence-corrected chi connectivity index (χ3v) is 6.35. The van der Waals surface area contributed by atoms with Crippen LogP contribution in [0.3, 0.4) is 0 Å². The molecule has 214 valence electrons. The summed E-state index contributed by atoms with van der Waals surface area (Å²) in [6.07, 6.45) is 15.5. The van der Waals surface area contributed by atoms with Gasteiger partial charge in [0.15, 0.2) is 0 Å². The molecule has 0 spiro atoms. The summed E-state index contributed by atoms with van der Waals surface area (Å²) in [4.78, 5) is 15.8. The van der Waals surface area contributed by atoms with E-state index in [1.807, 2.05) is 36.4 Å². The Balaban J connectivity index is 1.61. The molecule has 0 heterocycles. The average molecular weight is 538 g/mol. The number of rotatable bonds is 21. The Morgan fingerprint density at radius 1 is 0.795 bits per heavy atom. The Hall–Kier alpha value is -3.28. The van der Waals surface area contributed by atoms with E-state index in [0.717, 1.165) is 43.5 Å². The monoisotopic (exact) mass is 537 g/mol. The Labute approximate surface area is 235 Å². The second-order valence-corrected chi connectivity index (χ2v) is 9.97. The van der Waals surface area contributed by atoms with Crippen LogP contribution < -0.4 is 9.47 Å². The first-order valence-corrected chi connectivity index (χ1v) is 14.5. The summed E-state index contributed by atoms with van der Waals surface area (Å²) in [7, 11) is 0. The highest BCUT2D eigenvalue weighted by Gasteiger charge is 2.04. The Bertz CT molecular complexity index is 1000. The predicted octanol–water partition coefficient (Wildman–Crippen LogP) is 8.72. The maximum Gasteiger partial charge on any atom is 0.333 e. The standard InChI is InChI=1S/C33H47NO5/c1-4-5-6-7-8-9-10-13-23-38-31-19-16-28(32(35)25-31)26-34-29-17-20-30(21-18-29)37-22-14-11-12-15-24-39-33(36)27(2)3/h16-21,25-26,35H,2,4-15,22-24H2,1,3H3. The van der Waals surface area contributed by atoms with Crippen LogP contribution in [0, 0.1) is 0 Å². The molecular formula is C33H47NO5. The van der Waals surface area contributed by atoms with E-state index in [9.17, 15) is 9.90 Å². The van der Waals surface area contributed by atoms with E-state index in [0.29, 0.717) is 36.7 Å². The smallest absolute Gasteiger partial charge is 0.333 e. The van der Waals surface area contributed by atoms with Gasteiger partial charge in [-0.1, -0.05) is 58.4 Å². The quantitative estimate of drug-likeness (QED) is 0.0745. The van der Waals surface area contributed by atoms with Crippen molar-refractivity contribution in [3.05, 3.63) is 60.2 Å². The molecule has 0 aromatic heterocycles. The van der Waals surface area contributed by atoms with Gasteiger partial charge in [-0.2, -0.15) is 0 Å². The van der Waals surface area contributed by atoms with E-state index in [2.05, 4.69) is 18.5 Å². The highest BCUT2D eigenvalue weighted by atomic mass is 16.5. The number of benzene rings is 2. The van der Waals surface area contributed by atoms with Crippen molar-refractivity contribution in [2.75, 3.05) is 19.8 Å². The number of nitrogens with zero attached hydrogens (tertiary/aromatic N) is 1. The van der Waals surface area contributed by atoms with Gasteiger partial charge in [-0.15, -0.1) is 0 Å². The summed E-state index contributed by atoms with van der Waals surface area (Å²) in [5.74, 6) is 1.31. The zero-order valence-corrected chi connectivity index (χ0v) is 24.0. The van der Waals surface area contributed by atoms with Crippen molar-refractivity contribution in [3.8, 4) is 17.2 Å². The summed E-state index contributed by atoms with van der Waals surface area (Å²) in [6.45, 7) is 9.20. The second-order valence-electron chi connectivity index (χ2n) is 9.97. The van der Waals surface area contributed by atoms with E-state index in [4.69, 9.17) is 14.2 Å². The van der Waals surface area contributed by atoms with Crippen molar-refractivity contribution in [2.45, 2.75) is 90.9 Å². The van der Waals surface area contributed by atoms with Crippen LogP contribution in [0.1, 0.15) is 96.5 Å². The molecule has 6 heteroatoms. The number of hydrogen-bond acceptors (Lipinski definition) is 6. The Kier molecular flexibility index (Phi) is 16.2. The molecule has 0 aliphatic heterocycles. The molecule has 0 amide bonds. The zero-order valence-electron chi connectivity index (χ0n) is 24.0. The van der Waals surface area contributed by atoms with E-state index in [1.54, 1.807) is 19.2 Å². The molecule has 0 aliphatic rings. The number of aliphatic imine (C=N–C) groups is 1. The maximum absolute atomic E-state index is 11.3. The lowest BCUT2D eigenvalue weighted by Gasteiger charge is -2.08. The molecule has 0 saturated heterocycles. The van der Waals surface area contributed by atoms with Crippen molar-refractivity contribution in [1.29, 1.82) is 0 Å². The lowest BCUT2D eigenvalue weighted by molar-refractivity contribution is -0.139. The molecule has 0 atom stereocenters. The fraction of sp³-hybridized carbons (Fsp3) is 0.515. The molecule has 0 radical (unpaired) electrons. The van der Waals surface area contributed by atoms with Crippen molar-refractivity contribution in [1.82, 2.24) is 0 Å². The molecule has 2 aromatic carbocycles. The minimum Gasteiger partial charge on any atom is -0.507 e. The second kappa shape index (κ2) is 19.7. The first-order valence-electron chi connectivity index (χ1n) is 14.5. The highest BCUT2D eigenvalue weighted by Crippen LogP contribution is 2.24. The number of ether oxygens (including phenoxy) is 3. The van der Waals surface area contributed by atoms with Crippen molar-refractivity contribution >= 4 is 17.9 Å². The minimum atomic E-state index is -0.324. The van der Waals surface area contributed by atoms with Gasteiger partial charge in [-0.05, 0) is 75.4 Å². The predicted molar refractivity (Wildman–Crippen MR) is 160 cm³/mol. The third-order valence-electron chi connectivity index (χ3n) is 6.35. The van der Waals surface area contributed by atoms with Gasteiger partial charge in [0.05, 0.1) is 25.5 Å². The van der Waals surface area contributed by atoms with Crippen molar-refractivity contribution in [3.63, 3.8) is 0 Å². The molecule has 0 saturated carbocycles. The number of hydrogen-bond donors (Lipinski definition) is 1. The SMILES string of the molecule is C=C(C)C(=O)OCCCCCCOc1ccc(N=Cc2ccc(OCCCCCCCCCC)cc2O)cc1. The van der Waals surface area contributed by atoms with E-state index < -0.39 is 0 Å². The van der Waals surface area contributed by atoms with Crippen LogP contribution in [-0.4, -0.2) is 37.1 Å². The van der Waals surface area contributed by atoms with E-state index >= 15 is 0 Å². The molecular weight excluding hydrogens is 490 g/mol. The van der Waals surface area contributed by atoms with Crippen LogP contribution in [0.4, 0.5) is 5.69 Å². The molecule has 0 bridgehead atoms. The van der Waals surface area contributed by atoms with Crippen LogP contribution in [0.15, 0.2) is 59.6 Å². The van der Waals surface area contributed by atoms with Gasteiger partial charge in [-0.25, -0.2) is 4.79 Å². The fourth-order valence-electron chi connectivity index (χ4n) is 3.96. The lowest BCUT2D eigenvalue weighted by atomic mass is 10.1. The third kappa shape index (κ3) is 14.4. The fourth-order valence-corrected chi connectivity index (χ4v) is 3.96. The zero-order chi connectivity index (χ0) is 28.1. The number of phenolic OH excluding ortho intramolecular Hbond substituents is 1. The topological polar surface area (TPSA) is 77.4 Å². The first kappa shape index (κ1) is 31.9. The first-order chi connectivity index (χ1) is 19.0. The highest BCUT2D eigenvalue weighted by molar-refractivity contribution is 5.87. The normalized spacial score (nSPS) is 11.0. The van der Waals surface area contributed by atoms with Crippen LogP contribution in [0.25, 0.3) is 0 Å². The number of phenols is 1. The van der Waals surface area contributed by atoms with Gasteiger partial charge in [-0.3, -0.25) is 4.99 Å². The van der Waals surface area contributed by atoms with E-state index in [-0.39, 0.29) is 11.7 Å². The number of esters is 1. The summed E-state index contributed by atoms with van der Waals surface area (Å²) in [6, 6.07) is 12.9. The van der Waals surface area contributed by atoms with Gasteiger partial charge in [0.25, 0.3) is 0 Å². The maximum atomic E-state index is 11.3.